The lowest BCUT2D eigenvalue weighted by Gasteiger charge is -2.36. The standard InChI is InChI=1S/C19H22N2O3S.ClH/c22-25(23)19(12-15-20-13-6-7-14-20)24-18-11-5-4-10-17(18)21(25)16-8-2-1-3-9-16;/h1-5,8-11,19H,6-7,12-15H2;1H. The molecule has 2 aliphatic rings. The Balaban J connectivity index is 0.00000196. The van der Waals surface area contributed by atoms with Gasteiger partial charge in [-0.25, -0.2) is 12.7 Å². The Morgan fingerprint density at radius 2 is 1.62 bits per heavy atom. The Morgan fingerprint density at radius 1 is 0.962 bits per heavy atom. The fraction of sp³-hybridized carbons (Fsp3) is 0.368. The number of anilines is 2. The number of hydrogen-bond donors (Lipinski definition) is 0. The van der Waals surface area contributed by atoms with Crippen molar-refractivity contribution in [2.24, 2.45) is 0 Å². The van der Waals surface area contributed by atoms with Crippen molar-refractivity contribution >= 4 is 33.8 Å². The van der Waals surface area contributed by atoms with E-state index in [0.29, 0.717) is 23.5 Å². The minimum Gasteiger partial charge on any atom is -0.470 e. The molecule has 2 heterocycles. The summed E-state index contributed by atoms with van der Waals surface area (Å²) in [6.45, 7) is 2.84. The van der Waals surface area contributed by atoms with Crippen molar-refractivity contribution in [3.05, 3.63) is 54.6 Å². The third-order valence-electron chi connectivity index (χ3n) is 4.80. The highest BCUT2D eigenvalue weighted by atomic mass is 35.5. The van der Waals surface area contributed by atoms with Crippen LogP contribution in [0, 0.1) is 0 Å². The molecule has 140 valence electrons. The van der Waals surface area contributed by atoms with E-state index in [2.05, 4.69) is 4.90 Å². The number of hydrogen-bond acceptors (Lipinski definition) is 4. The normalized spacial score (nSPS) is 21.5. The summed E-state index contributed by atoms with van der Waals surface area (Å²) in [6, 6.07) is 16.5. The van der Waals surface area contributed by atoms with Crippen LogP contribution in [0.1, 0.15) is 19.3 Å². The van der Waals surface area contributed by atoms with Crippen molar-refractivity contribution in [1.82, 2.24) is 4.90 Å². The molecule has 2 aromatic carbocycles. The number of sulfonamides is 1. The zero-order valence-electron chi connectivity index (χ0n) is 14.5. The molecule has 1 saturated heterocycles. The third kappa shape index (κ3) is 3.54. The van der Waals surface area contributed by atoms with E-state index >= 15 is 0 Å². The number of likely N-dealkylation sites (tertiary alicyclic amines) is 1. The highest BCUT2D eigenvalue weighted by molar-refractivity contribution is 7.93. The van der Waals surface area contributed by atoms with E-state index in [9.17, 15) is 8.42 Å². The zero-order valence-corrected chi connectivity index (χ0v) is 16.1. The van der Waals surface area contributed by atoms with Crippen molar-refractivity contribution in [3.63, 3.8) is 0 Å². The van der Waals surface area contributed by atoms with Gasteiger partial charge < -0.3 is 9.64 Å². The maximum absolute atomic E-state index is 13.3. The van der Waals surface area contributed by atoms with E-state index < -0.39 is 15.5 Å². The predicted molar refractivity (Wildman–Crippen MR) is 106 cm³/mol. The monoisotopic (exact) mass is 394 g/mol. The molecule has 0 radical (unpaired) electrons. The van der Waals surface area contributed by atoms with Gasteiger partial charge in [-0.2, -0.15) is 0 Å². The van der Waals surface area contributed by atoms with Crippen LogP contribution in [0.15, 0.2) is 54.6 Å². The summed E-state index contributed by atoms with van der Waals surface area (Å²) in [4.78, 5) is 2.31. The molecular weight excluding hydrogens is 372 g/mol. The summed E-state index contributed by atoms with van der Waals surface area (Å²) < 4.78 is 33.9. The van der Waals surface area contributed by atoms with Gasteiger partial charge in [0.25, 0.3) is 10.0 Å². The summed E-state index contributed by atoms with van der Waals surface area (Å²) >= 11 is 0. The van der Waals surface area contributed by atoms with E-state index in [4.69, 9.17) is 4.74 Å². The highest BCUT2D eigenvalue weighted by Crippen LogP contribution is 2.42. The predicted octanol–water partition coefficient (Wildman–Crippen LogP) is 3.78. The van der Waals surface area contributed by atoms with Gasteiger partial charge in [0.05, 0.1) is 11.4 Å². The van der Waals surface area contributed by atoms with E-state index in [1.165, 1.54) is 17.1 Å². The number of ether oxygens (including phenoxy) is 1. The van der Waals surface area contributed by atoms with Crippen LogP contribution in [-0.2, 0) is 10.0 Å². The third-order valence-corrected chi connectivity index (χ3v) is 6.71. The molecule has 0 saturated carbocycles. The van der Waals surface area contributed by atoms with Gasteiger partial charge in [0.1, 0.15) is 5.75 Å². The van der Waals surface area contributed by atoms with Gasteiger partial charge >= 0.3 is 0 Å². The van der Waals surface area contributed by atoms with Crippen molar-refractivity contribution < 1.29 is 13.2 Å². The first kappa shape index (κ1) is 19.0. The Bertz CT molecular complexity index is 839. The van der Waals surface area contributed by atoms with Gasteiger partial charge in [-0.05, 0) is 50.2 Å². The Kier molecular flexibility index (Phi) is 5.75. The van der Waals surface area contributed by atoms with Crippen LogP contribution in [0.4, 0.5) is 11.4 Å². The number of fused-ring (bicyclic) bond motifs is 1. The first-order valence-corrected chi connectivity index (χ1v) is 10.2. The fourth-order valence-electron chi connectivity index (χ4n) is 3.53. The molecule has 4 rings (SSSR count). The summed E-state index contributed by atoms with van der Waals surface area (Å²) in [5.41, 5.74) is 0.360. The van der Waals surface area contributed by atoms with Crippen LogP contribution in [0.5, 0.6) is 5.75 Å². The lowest BCUT2D eigenvalue weighted by molar-refractivity contribution is 0.226. The summed E-state index contributed by atoms with van der Waals surface area (Å²) in [7, 11) is -3.64. The molecule has 1 unspecified atom stereocenters. The fourth-order valence-corrected chi connectivity index (χ4v) is 5.24. The Morgan fingerprint density at radius 3 is 2.35 bits per heavy atom. The van der Waals surface area contributed by atoms with Gasteiger partial charge in [0.15, 0.2) is 0 Å². The van der Waals surface area contributed by atoms with Crippen LogP contribution >= 0.6 is 12.4 Å². The Hall–Kier alpha value is -1.76. The second-order valence-electron chi connectivity index (χ2n) is 6.50. The van der Waals surface area contributed by atoms with E-state index in [1.54, 1.807) is 6.07 Å². The summed E-state index contributed by atoms with van der Waals surface area (Å²) in [5, 5.41) is 0. The maximum atomic E-state index is 13.3. The molecular formula is C19H23ClN2O3S. The SMILES string of the molecule is Cl.O=S1(=O)C(CCN2CCCC2)Oc2ccccc2N1c1ccccc1. The quantitative estimate of drug-likeness (QED) is 0.791. The molecule has 0 spiro atoms. The second kappa shape index (κ2) is 7.86. The Labute approximate surface area is 161 Å². The first-order chi connectivity index (χ1) is 12.2. The summed E-state index contributed by atoms with van der Waals surface area (Å²) in [5.74, 6) is 0.618. The number of benzene rings is 2. The molecule has 0 bridgehead atoms. The van der Waals surface area contributed by atoms with Gasteiger partial charge in [-0.3, -0.25) is 0 Å². The van der Waals surface area contributed by atoms with E-state index in [-0.39, 0.29) is 12.4 Å². The lowest BCUT2D eigenvalue weighted by Crippen LogP contribution is -2.44. The maximum Gasteiger partial charge on any atom is 0.278 e. The molecule has 0 N–H and O–H groups in total. The minimum absolute atomic E-state index is 0. The highest BCUT2D eigenvalue weighted by Gasteiger charge is 2.41. The van der Waals surface area contributed by atoms with Crippen molar-refractivity contribution in [2.75, 3.05) is 23.9 Å². The minimum atomic E-state index is -3.64. The van der Waals surface area contributed by atoms with Crippen LogP contribution in [-0.4, -0.2) is 38.4 Å². The van der Waals surface area contributed by atoms with E-state index in [0.717, 1.165) is 19.6 Å². The second-order valence-corrected chi connectivity index (χ2v) is 8.42. The molecule has 0 aromatic heterocycles. The number of rotatable bonds is 4. The molecule has 26 heavy (non-hydrogen) atoms. The average molecular weight is 395 g/mol. The molecule has 2 aromatic rings. The zero-order chi connectivity index (χ0) is 17.3. The smallest absolute Gasteiger partial charge is 0.278 e. The number of halogens is 1. The van der Waals surface area contributed by atoms with Crippen LogP contribution in [0.25, 0.3) is 0 Å². The first-order valence-electron chi connectivity index (χ1n) is 8.73. The molecule has 1 atom stereocenters. The molecule has 1 fully saturated rings. The largest absolute Gasteiger partial charge is 0.470 e. The van der Waals surface area contributed by atoms with Gasteiger partial charge in [-0.15, -0.1) is 12.4 Å². The molecule has 5 nitrogen and oxygen atoms in total. The number of nitrogens with zero attached hydrogens (tertiary/aromatic N) is 2. The van der Waals surface area contributed by atoms with Crippen LogP contribution in [0.2, 0.25) is 0 Å². The van der Waals surface area contributed by atoms with Gasteiger partial charge in [0.2, 0.25) is 5.44 Å². The van der Waals surface area contributed by atoms with Gasteiger partial charge in [-0.1, -0.05) is 30.3 Å². The number of para-hydroxylation sites is 3. The summed E-state index contributed by atoms with van der Waals surface area (Å²) in [6.07, 6.45) is 2.86. The average Bonchev–Trinajstić information content (AvgIpc) is 3.14. The van der Waals surface area contributed by atoms with Crippen molar-refractivity contribution in [1.29, 1.82) is 0 Å². The molecule has 7 heteroatoms. The van der Waals surface area contributed by atoms with Gasteiger partial charge in [0, 0.05) is 13.0 Å². The van der Waals surface area contributed by atoms with E-state index in [1.807, 2.05) is 48.5 Å². The van der Waals surface area contributed by atoms with Crippen molar-refractivity contribution in [3.8, 4) is 5.75 Å². The lowest BCUT2D eigenvalue weighted by atomic mass is 10.2. The molecule has 2 aliphatic heterocycles. The van der Waals surface area contributed by atoms with Crippen LogP contribution in [0.3, 0.4) is 0 Å². The molecule has 0 aliphatic carbocycles. The van der Waals surface area contributed by atoms with Crippen molar-refractivity contribution in [2.45, 2.75) is 24.7 Å². The molecule has 0 amide bonds. The van der Waals surface area contributed by atoms with Crippen LogP contribution < -0.4 is 9.04 Å². The topological polar surface area (TPSA) is 49.9 Å².